The number of aliphatic hydroxyl groups excluding tert-OH is 3. The molecule has 302 valence electrons. The Balaban J connectivity index is 1.76. The number of hydrogen-bond acceptors (Lipinski definition) is 9. The first-order valence-corrected chi connectivity index (χ1v) is 19.9. The third kappa shape index (κ3) is 10.7. The molecule has 2 unspecified atom stereocenters. The Morgan fingerprint density at radius 1 is 0.661 bits per heavy atom. The molecule has 56 heavy (non-hydrogen) atoms. The lowest BCUT2D eigenvalue weighted by molar-refractivity contribution is -0.137. The summed E-state index contributed by atoms with van der Waals surface area (Å²) in [4.78, 5) is 11.8. The van der Waals surface area contributed by atoms with Crippen LogP contribution < -0.4 is 14.2 Å². The van der Waals surface area contributed by atoms with E-state index in [1.165, 1.54) is 6.08 Å². The number of benzene rings is 3. The van der Waals surface area contributed by atoms with E-state index < -0.39 is 5.97 Å². The molecule has 2 aliphatic carbocycles. The minimum atomic E-state index is -0.428. The fraction of sp³-hybridized carbons (Fsp3) is 0.468. The van der Waals surface area contributed by atoms with E-state index in [0.717, 1.165) is 97.7 Å². The maximum absolute atomic E-state index is 11.8. The summed E-state index contributed by atoms with van der Waals surface area (Å²) >= 11 is 0. The number of aryl methyl sites for hydroxylation is 3. The highest BCUT2D eigenvalue weighted by atomic mass is 16.5. The van der Waals surface area contributed by atoms with Gasteiger partial charge in [-0.2, -0.15) is 0 Å². The van der Waals surface area contributed by atoms with Crippen LogP contribution >= 0.6 is 0 Å². The lowest BCUT2D eigenvalue weighted by Gasteiger charge is -2.32. The molecule has 3 aromatic carbocycles. The largest absolute Gasteiger partial charge is 0.496 e. The van der Waals surface area contributed by atoms with Gasteiger partial charge in [-0.25, -0.2) is 4.79 Å². The molecule has 0 fully saturated rings. The second kappa shape index (κ2) is 21.2. The van der Waals surface area contributed by atoms with E-state index in [1.807, 2.05) is 0 Å². The second-order valence-corrected chi connectivity index (χ2v) is 14.8. The van der Waals surface area contributed by atoms with Gasteiger partial charge in [-0.1, -0.05) is 60.7 Å². The molecule has 5 rings (SSSR count). The van der Waals surface area contributed by atoms with Crippen LogP contribution in [0.25, 0.3) is 0 Å². The van der Waals surface area contributed by atoms with Gasteiger partial charge in [0.25, 0.3) is 0 Å². The number of fused-ring (bicyclic) bond motifs is 8. The summed E-state index contributed by atoms with van der Waals surface area (Å²) in [5.41, 5.74) is 11.9. The van der Waals surface area contributed by atoms with Crippen molar-refractivity contribution in [2.75, 3.05) is 54.9 Å². The molecule has 0 aliphatic heterocycles. The van der Waals surface area contributed by atoms with E-state index in [2.05, 4.69) is 55.1 Å². The number of rotatable bonds is 18. The summed E-state index contributed by atoms with van der Waals surface area (Å²) in [6.45, 7) is 4.11. The van der Waals surface area contributed by atoms with E-state index in [1.54, 1.807) is 28.4 Å². The van der Waals surface area contributed by atoms with Crippen LogP contribution in [-0.4, -0.2) is 82.3 Å². The molecule has 0 heterocycles. The Morgan fingerprint density at radius 3 is 1.54 bits per heavy atom. The molecule has 0 amide bonds. The van der Waals surface area contributed by atoms with Gasteiger partial charge < -0.3 is 39.0 Å². The Morgan fingerprint density at radius 2 is 1.11 bits per heavy atom. The van der Waals surface area contributed by atoms with E-state index in [-0.39, 0.29) is 31.8 Å². The van der Waals surface area contributed by atoms with Crippen molar-refractivity contribution in [3.63, 3.8) is 0 Å². The zero-order valence-corrected chi connectivity index (χ0v) is 33.7. The van der Waals surface area contributed by atoms with Crippen molar-refractivity contribution >= 4 is 5.97 Å². The number of carbonyl (C=O) groups is 1. The van der Waals surface area contributed by atoms with Gasteiger partial charge >= 0.3 is 5.97 Å². The number of allylic oxidation sites excluding steroid dienone is 2. The van der Waals surface area contributed by atoms with Crippen molar-refractivity contribution in [3.8, 4) is 17.2 Å². The molecule has 2 aliphatic rings. The third-order valence-electron chi connectivity index (χ3n) is 10.8. The summed E-state index contributed by atoms with van der Waals surface area (Å²) in [6.07, 6.45) is 13.3. The topological polar surface area (TPSA) is 124 Å². The molecule has 9 nitrogen and oxygen atoms in total. The maximum Gasteiger partial charge on any atom is 0.330 e. The van der Waals surface area contributed by atoms with Crippen LogP contribution in [0.3, 0.4) is 0 Å². The summed E-state index contributed by atoms with van der Waals surface area (Å²) in [5.74, 6) is 1.98. The van der Waals surface area contributed by atoms with Crippen molar-refractivity contribution in [2.24, 2.45) is 5.92 Å². The number of esters is 1. The smallest absolute Gasteiger partial charge is 0.330 e. The van der Waals surface area contributed by atoms with Gasteiger partial charge in [-0.15, -0.1) is 0 Å². The molecule has 9 heteroatoms. The average molecular weight is 769 g/mol. The Hall–Kier alpha value is -4.41. The molecule has 0 radical (unpaired) electrons. The van der Waals surface area contributed by atoms with Gasteiger partial charge in [0.2, 0.25) is 0 Å². The first-order valence-electron chi connectivity index (χ1n) is 19.9. The Bertz CT molecular complexity index is 1870. The second-order valence-electron chi connectivity index (χ2n) is 14.8. The van der Waals surface area contributed by atoms with Gasteiger partial charge in [0.1, 0.15) is 17.2 Å². The predicted molar refractivity (Wildman–Crippen MR) is 219 cm³/mol. The maximum atomic E-state index is 11.8. The number of methoxy groups -OCH3 is 4. The standard InChI is InChI=1S/C47H60O9/c1-6-43(51)56-18-10-14-34-25-41-29-39-23-32(12-8-16-49)21-37(45(39)53-3)27-35-19-31(11-7-15-48)20-36(44(35)52-2)28-38-22-33(13-9-17-50)24-40(46(38)54-4)30-42(26-34)47(41)55-5/h6,19-26,41,47-50H,1,7-18,27-30H2,2-5H3. The highest BCUT2D eigenvalue weighted by molar-refractivity contribution is 5.81. The normalized spacial score (nSPS) is 16.4. The van der Waals surface area contributed by atoms with Crippen LogP contribution in [0.5, 0.6) is 17.2 Å². The van der Waals surface area contributed by atoms with Crippen molar-refractivity contribution < 1.29 is 43.8 Å². The molecule has 3 N–H and O–H groups in total. The molecular weight excluding hydrogens is 709 g/mol. The number of hydrogen-bond donors (Lipinski definition) is 3. The molecule has 0 aromatic heterocycles. The molecule has 8 bridgehead atoms. The van der Waals surface area contributed by atoms with Crippen LogP contribution in [-0.2, 0) is 59.2 Å². The molecule has 0 saturated carbocycles. The van der Waals surface area contributed by atoms with E-state index in [4.69, 9.17) is 23.7 Å². The van der Waals surface area contributed by atoms with Crippen LogP contribution in [0.4, 0.5) is 0 Å². The number of aliphatic hydroxyl groups is 3. The fourth-order valence-corrected chi connectivity index (χ4v) is 8.55. The quantitative estimate of drug-likeness (QED) is 0.0731. The van der Waals surface area contributed by atoms with Crippen molar-refractivity contribution in [2.45, 2.75) is 83.2 Å². The summed E-state index contributed by atoms with van der Waals surface area (Å²) in [5, 5.41) is 29.4. The van der Waals surface area contributed by atoms with E-state index >= 15 is 0 Å². The summed E-state index contributed by atoms with van der Waals surface area (Å²) < 4.78 is 30.6. The van der Waals surface area contributed by atoms with Crippen molar-refractivity contribution in [3.05, 3.63) is 122 Å². The molecule has 3 aromatic rings. The summed E-state index contributed by atoms with van der Waals surface area (Å²) in [7, 11) is 6.95. The third-order valence-corrected chi connectivity index (χ3v) is 10.8. The zero-order valence-electron chi connectivity index (χ0n) is 33.7. The van der Waals surface area contributed by atoms with Crippen LogP contribution in [0.15, 0.2) is 72.4 Å². The summed E-state index contributed by atoms with van der Waals surface area (Å²) in [6, 6.07) is 13.2. The van der Waals surface area contributed by atoms with Crippen molar-refractivity contribution in [1.29, 1.82) is 0 Å². The Kier molecular flexibility index (Phi) is 16.2. The van der Waals surface area contributed by atoms with Gasteiger partial charge in [0, 0.05) is 51.8 Å². The minimum absolute atomic E-state index is 0.0422. The molecule has 0 spiro atoms. The molecule has 0 saturated heterocycles. The number of carbonyl (C=O) groups excluding carboxylic acids is 1. The van der Waals surface area contributed by atoms with Crippen LogP contribution in [0.1, 0.15) is 82.2 Å². The average Bonchev–Trinajstić information content (AvgIpc) is 3.19. The fourth-order valence-electron chi connectivity index (χ4n) is 8.55. The predicted octanol–water partition coefficient (Wildman–Crippen LogP) is 6.77. The van der Waals surface area contributed by atoms with E-state index in [9.17, 15) is 20.1 Å². The lowest BCUT2D eigenvalue weighted by Crippen LogP contribution is -2.30. The highest BCUT2D eigenvalue weighted by Crippen LogP contribution is 2.41. The van der Waals surface area contributed by atoms with Gasteiger partial charge in [-0.05, 0) is 120 Å². The SMILES string of the molecule is C=CC(=O)OCCCC1=CC2Cc3cc(CCCO)cc(c3OC)Cc3cc(CCCO)cc(c3OC)Cc3cc(CCCO)cc(c3OC)CC(=C1)C2OC. The van der Waals surface area contributed by atoms with Crippen LogP contribution in [0.2, 0.25) is 0 Å². The Labute approximate surface area is 332 Å². The number of ether oxygens (including phenoxy) is 5. The molecular formula is C47H60O9. The minimum Gasteiger partial charge on any atom is -0.496 e. The molecule has 2 atom stereocenters. The van der Waals surface area contributed by atoms with Gasteiger partial charge in [0.05, 0.1) is 34.0 Å². The zero-order chi connectivity index (χ0) is 40.0. The van der Waals surface area contributed by atoms with Crippen molar-refractivity contribution in [1.82, 2.24) is 0 Å². The van der Waals surface area contributed by atoms with Gasteiger partial charge in [0.15, 0.2) is 0 Å². The van der Waals surface area contributed by atoms with E-state index in [0.29, 0.717) is 64.4 Å². The van der Waals surface area contributed by atoms with Crippen LogP contribution in [0, 0.1) is 5.92 Å². The first kappa shape index (κ1) is 42.7. The monoisotopic (exact) mass is 768 g/mol. The first-order chi connectivity index (χ1) is 27.3. The highest BCUT2D eigenvalue weighted by Gasteiger charge is 2.31. The lowest BCUT2D eigenvalue weighted by atomic mass is 9.79. The van der Waals surface area contributed by atoms with Gasteiger partial charge in [-0.3, -0.25) is 0 Å².